The highest BCUT2D eigenvalue weighted by Gasteiger charge is 2.27. The fourth-order valence-corrected chi connectivity index (χ4v) is 3.75. The van der Waals surface area contributed by atoms with E-state index in [0.29, 0.717) is 0 Å². The van der Waals surface area contributed by atoms with Crippen LogP contribution in [0.15, 0.2) is 30.3 Å². The molecular formula is C16H27NOS. The van der Waals surface area contributed by atoms with Crippen LogP contribution in [0.25, 0.3) is 0 Å². The van der Waals surface area contributed by atoms with Crippen molar-refractivity contribution in [2.45, 2.75) is 39.5 Å². The zero-order valence-electron chi connectivity index (χ0n) is 12.4. The standard InChI is InChI=1S/C15H23NOS.CH3/c1-3-5-12-18(13-6-4-2)15(17)16-14-10-8-7-9-11-14;/h7-11H,3-6,12-13H2,1-2H3;1H3/q;-1/p+1. The molecule has 0 spiro atoms. The summed E-state index contributed by atoms with van der Waals surface area (Å²) in [4.78, 5) is 12.2. The van der Waals surface area contributed by atoms with Gasteiger partial charge in [0.1, 0.15) is 11.5 Å². The van der Waals surface area contributed by atoms with Crippen molar-refractivity contribution in [1.29, 1.82) is 0 Å². The number of amides is 1. The monoisotopic (exact) mass is 281 g/mol. The number of benzene rings is 1. The van der Waals surface area contributed by atoms with Gasteiger partial charge < -0.3 is 7.43 Å². The molecule has 1 rings (SSSR count). The average Bonchev–Trinajstić information content (AvgIpc) is 2.40. The average molecular weight is 281 g/mol. The van der Waals surface area contributed by atoms with Crippen LogP contribution in [0.4, 0.5) is 10.5 Å². The van der Waals surface area contributed by atoms with E-state index >= 15 is 0 Å². The van der Waals surface area contributed by atoms with E-state index in [4.69, 9.17) is 0 Å². The van der Waals surface area contributed by atoms with E-state index in [9.17, 15) is 4.79 Å². The van der Waals surface area contributed by atoms with E-state index < -0.39 is 0 Å². The van der Waals surface area contributed by atoms with E-state index in [0.717, 1.165) is 42.9 Å². The first-order valence-electron chi connectivity index (χ1n) is 6.81. The molecule has 0 saturated carbocycles. The highest BCUT2D eigenvalue weighted by molar-refractivity contribution is 8.11. The van der Waals surface area contributed by atoms with E-state index in [-0.39, 0.29) is 23.6 Å². The van der Waals surface area contributed by atoms with Crippen LogP contribution in [0.1, 0.15) is 39.5 Å². The fraction of sp³-hybridized carbons (Fsp3) is 0.500. The number of unbranched alkanes of at least 4 members (excludes halogenated alkanes) is 2. The third kappa shape index (κ3) is 7.26. The smallest absolute Gasteiger partial charge is 0.358 e. The second-order valence-corrected chi connectivity index (χ2v) is 6.56. The minimum Gasteiger partial charge on any atom is -0.358 e. The van der Waals surface area contributed by atoms with Crippen molar-refractivity contribution in [1.82, 2.24) is 0 Å². The van der Waals surface area contributed by atoms with Crippen LogP contribution in [0, 0.1) is 7.43 Å². The molecule has 0 radical (unpaired) electrons. The summed E-state index contributed by atoms with van der Waals surface area (Å²) in [7, 11) is -0.119. The summed E-state index contributed by atoms with van der Waals surface area (Å²) < 4.78 is 0. The quantitative estimate of drug-likeness (QED) is 0.559. The molecular weight excluding hydrogens is 254 g/mol. The molecule has 19 heavy (non-hydrogen) atoms. The van der Waals surface area contributed by atoms with Crippen LogP contribution in [-0.2, 0) is 10.9 Å². The predicted molar refractivity (Wildman–Crippen MR) is 88.8 cm³/mol. The lowest BCUT2D eigenvalue weighted by atomic mass is 10.3. The molecule has 1 aromatic carbocycles. The Hall–Kier alpha value is -0.960. The third-order valence-electron chi connectivity index (χ3n) is 2.77. The molecule has 0 atom stereocenters. The summed E-state index contributed by atoms with van der Waals surface area (Å²) in [5, 5.41) is 3.24. The van der Waals surface area contributed by atoms with Gasteiger partial charge in [0.05, 0.1) is 10.9 Å². The molecule has 1 aromatic rings. The zero-order chi connectivity index (χ0) is 13.2. The van der Waals surface area contributed by atoms with Crippen molar-refractivity contribution in [2.75, 3.05) is 16.8 Å². The number of anilines is 1. The molecule has 1 amide bonds. The molecule has 0 aliphatic carbocycles. The van der Waals surface area contributed by atoms with Crippen molar-refractivity contribution in [3.63, 3.8) is 0 Å². The van der Waals surface area contributed by atoms with Crippen LogP contribution in [0.2, 0.25) is 0 Å². The molecule has 2 nitrogen and oxygen atoms in total. The maximum atomic E-state index is 12.2. The Morgan fingerprint density at radius 2 is 1.58 bits per heavy atom. The summed E-state index contributed by atoms with van der Waals surface area (Å²) in [5.41, 5.74) is 0.910. The Morgan fingerprint density at radius 1 is 1.05 bits per heavy atom. The van der Waals surface area contributed by atoms with Gasteiger partial charge in [-0.1, -0.05) is 44.9 Å². The second-order valence-electron chi connectivity index (χ2n) is 4.39. The van der Waals surface area contributed by atoms with Crippen LogP contribution < -0.4 is 5.32 Å². The summed E-state index contributed by atoms with van der Waals surface area (Å²) in [6.45, 7) is 4.35. The molecule has 0 fully saturated rings. The minimum absolute atomic E-state index is 0. The largest absolute Gasteiger partial charge is 0.433 e. The Kier molecular flexibility index (Phi) is 10.4. The van der Waals surface area contributed by atoms with Crippen molar-refractivity contribution in [2.24, 2.45) is 0 Å². The van der Waals surface area contributed by atoms with Crippen LogP contribution in [-0.4, -0.2) is 16.7 Å². The predicted octanol–water partition coefficient (Wildman–Crippen LogP) is 4.89. The molecule has 0 aliphatic heterocycles. The summed E-state index contributed by atoms with van der Waals surface area (Å²) in [6, 6.07) is 9.75. The lowest BCUT2D eigenvalue weighted by Crippen LogP contribution is -2.27. The van der Waals surface area contributed by atoms with Gasteiger partial charge in [0, 0.05) is 5.69 Å². The van der Waals surface area contributed by atoms with Crippen LogP contribution in [0.5, 0.6) is 0 Å². The first-order valence-corrected chi connectivity index (χ1v) is 8.37. The maximum absolute atomic E-state index is 12.2. The van der Waals surface area contributed by atoms with Gasteiger partial charge in [-0.2, -0.15) is 0 Å². The van der Waals surface area contributed by atoms with E-state index in [2.05, 4.69) is 19.2 Å². The molecule has 0 saturated heterocycles. The first-order chi connectivity index (χ1) is 8.77. The highest BCUT2D eigenvalue weighted by atomic mass is 32.2. The number of nitrogens with one attached hydrogen (secondary N) is 1. The Labute approximate surface area is 121 Å². The van der Waals surface area contributed by atoms with Crippen LogP contribution >= 0.6 is 0 Å². The highest BCUT2D eigenvalue weighted by Crippen LogP contribution is 2.12. The van der Waals surface area contributed by atoms with Gasteiger partial charge in [-0.25, -0.2) is 4.79 Å². The Morgan fingerprint density at radius 3 is 2.05 bits per heavy atom. The van der Waals surface area contributed by atoms with Gasteiger partial charge in [-0.3, -0.25) is 5.32 Å². The summed E-state index contributed by atoms with van der Waals surface area (Å²) in [5.74, 6) is 2.07. The molecule has 0 aromatic heterocycles. The van der Waals surface area contributed by atoms with Gasteiger partial charge in [0.15, 0.2) is 0 Å². The third-order valence-corrected chi connectivity index (χ3v) is 4.96. The van der Waals surface area contributed by atoms with Crippen molar-refractivity contribution < 1.29 is 4.79 Å². The molecule has 0 aliphatic rings. The lowest BCUT2D eigenvalue weighted by Gasteiger charge is -2.07. The van der Waals surface area contributed by atoms with Gasteiger partial charge in [-0.15, -0.1) is 0 Å². The normalized spacial score (nSPS) is 10.1. The van der Waals surface area contributed by atoms with Crippen molar-refractivity contribution in [3.05, 3.63) is 37.8 Å². The lowest BCUT2D eigenvalue weighted by molar-refractivity contribution is 0.269. The number of carbonyl (C=O) groups excluding carboxylic acids is 1. The molecule has 0 bridgehead atoms. The minimum atomic E-state index is -0.119. The van der Waals surface area contributed by atoms with Crippen molar-refractivity contribution >= 4 is 21.8 Å². The SMILES string of the molecule is CCCC[S+](CCCC)C(=O)Nc1ccccc1.[CH3-]. The number of hydrogen-bond acceptors (Lipinski definition) is 1. The summed E-state index contributed by atoms with van der Waals surface area (Å²) in [6.07, 6.45) is 4.62. The molecule has 0 unspecified atom stereocenters. The second kappa shape index (κ2) is 10.9. The molecule has 3 heteroatoms. The van der Waals surface area contributed by atoms with Gasteiger partial charge >= 0.3 is 5.24 Å². The van der Waals surface area contributed by atoms with Gasteiger partial charge in [0.25, 0.3) is 0 Å². The van der Waals surface area contributed by atoms with Crippen LogP contribution in [0.3, 0.4) is 0 Å². The van der Waals surface area contributed by atoms with Gasteiger partial charge in [0.2, 0.25) is 0 Å². The van der Waals surface area contributed by atoms with E-state index in [1.807, 2.05) is 30.3 Å². The van der Waals surface area contributed by atoms with E-state index in [1.54, 1.807) is 0 Å². The Balaban J connectivity index is 0.00000324. The van der Waals surface area contributed by atoms with Crippen molar-refractivity contribution in [3.8, 4) is 0 Å². The zero-order valence-corrected chi connectivity index (χ0v) is 13.3. The number of carbonyl (C=O) groups is 1. The number of hydrogen-bond donors (Lipinski definition) is 1. The molecule has 0 heterocycles. The van der Waals surface area contributed by atoms with E-state index in [1.165, 1.54) is 0 Å². The Bertz CT molecular complexity index is 332. The maximum Gasteiger partial charge on any atom is 0.433 e. The topological polar surface area (TPSA) is 29.1 Å². The van der Waals surface area contributed by atoms with Gasteiger partial charge in [-0.05, 0) is 25.0 Å². The molecule has 1 N–H and O–H groups in total. The molecule has 108 valence electrons. The fourth-order valence-electron chi connectivity index (χ4n) is 1.64. The first kappa shape index (κ1) is 18.0. The summed E-state index contributed by atoms with van der Waals surface area (Å²) >= 11 is 0. The number of para-hydroxylation sites is 1. The number of rotatable bonds is 7.